The van der Waals surface area contributed by atoms with Crippen LogP contribution in [0.1, 0.15) is 34.4 Å². The summed E-state index contributed by atoms with van der Waals surface area (Å²) >= 11 is 0. The molecule has 0 bridgehead atoms. The molecule has 0 spiro atoms. The van der Waals surface area contributed by atoms with Crippen molar-refractivity contribution < 1.29 is 34.0 Å². The van der Waals surface area contributed by atoms with Gasteiger partial charge in [-0.05, 0) is 66.4 Å². The first-order valence-electron chi connectivity index (χ1n) is 11.9. The molecule has 1 heterocycles. The third-order valence-electron chi connectivity index (χ3n) is 6.50. The molecule has 0 unspecified atom stereocenters. The number of benzene rings is 3. The molecule has 8 heteroatoms. The zero-order valence-corrected chi connectivity index (χ0v) is 21.9. The van der Waals surface area contributed by atoms with Gasteiger partial charge in [0.1, 0.15) is 0 Å². The second-order valence-electron chi connectivity index (χ2n) is 8.70. The van der Waals surface area contributed by atoms with Crippen molar-refractivity contribution in [3.8, 4) is 23.0 Å². The van der Waals surface area contributed by atoms with Crippen molar-refractivity contribution in [2.45, 2.75) is 25.0 Å². The van der Waals surface area contributed by atoms with E-state index in [1.165, 1.54) is 16.7 Å². The fourth-order valence-corrected chi connectivity index (χ4v) is 4.43. The van der Waals surface area contributed by atoms with Gasteiger partial charge in [-0.15, -0.1) is 0 Å². The zero-order chi connectivity index (χ0) is 26.9. The van der Waals surface area contributed by atoms with Crippen LogP contribution in [0.3, 0.4) is 0 Å². The van der Waals surface area contributed by atoms with Crippen LogP contribution >= 0.6 is 0 Å². The number of carbonyl (C=O) groups is 1. The Morgan fingerprint density at radius 3 is 2.08 bits per heavy atom. The molecule has 3 aromatic rings. The molecular weight excluding hydrogens is 474 g/mol. The van der Waals surface area contributed by atoms with Gasteiger partial charge in [0.15, 0.2) is 29.1 Å². The number of aliphatic hydroxyl groups excluding tert-OH is 1. The molecule has 3 aromatic carbocycles. The van der Waals surface area contributed by atoms with E-state index in [-0.39, 0.29) is 6.04 Å². The quantitative estimate of drug-likeness (QED) is 0.464. The van der Waals surface area contributed by atoms with Crippen LogP contribution in [0.25, 0.3) is 0 Å². The molecular formula is C29H35NO7. The maximum Gasteiger partial charge on any atom is 0.337 e. The number of ether oxygens (including phenoxy) is 4. The molecule has 0 saturated heterocycles. The molecule has 1 aliphatic heterocycles. The highest BCUT2D eigenvalue weighted by Crippen LogP contribution is 2.39. The number of likely N-dealkylation sites (N-methyl/N-ethyl adjacent to an activating group) is 1. The standard InChI is InChI=1S/C21H27NO4.C8H8O3/c1-22-9-8-15-12-20(25-4)21(26-5)13-16(15)17(22)10-14-6-7-18(23-2)19(11-14)24-3;9-7(8(10)11)6-4-2-1-3-5-6/h6-7,11-13,17H,8-10H2,1-5H3;1-5,7,9H,(H,10,11)/t17-;7-/m10/s1. The second-order valence-corrected chi connectivity index (χ2v) is 8.70. The molecule has 2 N–H and O–H groups in total. The van der Waals surface area contributed by atoms with E-state index >= 15 is 0 Å². The van der Waals surface area contributed by atoms with Gasteiger partial charge in [-0.3, -0.25) is 4.90 Å². The minimum absolute atomic E-state index is 0.275. The summed E-state index contributed by atoms with van der Waals surface area (Å²) < 4.78 is 21.8. The summed E-state index contributed by atoms with van der Waals surface area (Å²) in [4.78, 5) is 12.6. The Balaban J connectivity index is 0.000000289. The zero-order valence-electron chi connectivity index (χ0n) is 21.9. The van der Waals surface area contributed by atoms with Gasteiger partial charge in [-0.2, -0.15) is 0 Å². The number of aliphatic carboxylic acids is 1. The predicted octanol–water partition coefficient (Wildman–Crippen LogP) is 4.30. The molecule has 37 heavy (non-hydrogen) atoms. The van der Waals surface area contributed by atoms with E-state index in [0.29, 0.717) is 5.56 Å². The number of carboxylic acids is 1. The normalized spacial score (nSPS) is 15.5. The summed E-state index contributed by atoms with van der Waals surface area (Å²) in [6.45, 7) is 1.01. The van der Waals surface area contributed by atoms with Crippen molar-refractivity contribution in [1.29, 1.82) is 0 Å². The van der Waals surface area contributed by atoms with Gasteiger partial charge < -0.3 is 29.2 Å². The molecule has 0 radical (unpaired) electrons. The molecule has 0 saturated carbocycles. The Labute approximate surface area is 218 Å². The Kier molecular flexibility index (Phi) is 9.77. The topological polar surface area (TPSA) is 97.7 Å². The number of methoxy groups -OCH3 is 4. The van der Waals surface area contributed by atoms with Crippen LogP contribution in [0.2, 0.25) is 0 Å². The maximum atomic E-state index is 10.2. The second kappa shape index (κ2) is 13.0. The molecule has 198 valence electrons. The van der Waals surface area contributed by atoms with Gasteiger partial charge in [0.25, 0.3) is 0 Å². The molecule has 0 amide bonds. The molecule has 0 fully saturated rings. The number of nitrogens with zero attached hydrogens (tertiary/aromatic N) is 1. The number of hydrogen-bond donors (Lipinski definition) is 2. The Morgan fingerprint density at radius 1 is 0.892 bits per heavy atom. The highest BCUT2D eigenvalue weighted by atomic mass is 16.5. The van der Waals surface area contributed by atoms with E-state index in [2.05, 4.69) is 36.2 Å². The average molecular weight is 510 g/mol. The monoisotopic (exact) mass is 509 g/mol. The van der Waals surface area contributed by atoms with Crippen molar-refractivity contribution in [2.75, 3.05) is 42.0 Å². The molecule has 1 aliphatic rings. The largest absolute Gasteiger partial charge is 0.493 e. The van der Waals surface area contributed by atoms with Crippen LogP contribution in [0.15, 0.2) is 60.7 Å². The number of fused-ring (bicyclic) bond motifs is 1. The molecule has 4 rings (SSSR count). The van der Waals surface area contributed by atoms with E-state index in [4.69, 9.17) is 29.2 Å². The van der Waals surface area contributed by atoms with Crippen LogP contribution in [0.5, 0.6) is 23.0 Å². The summed E-state index contributed by atoms with van der Waals surface area (Å²) in [5.74, 6) is 1.85. The van der Waals surface area contributed by atoms with Crippen LogP contribution < -0.4 is 18.9 Å². The van der Waals surface area contributed by atoms with E-state index in [9.17, 15) is 4.79 Å². The first-order chi connectivity index (χ1) is 17.8. The number of rotatable bonds is 8. The van der Waals surface area contributed by atoms with Gasteiger partial charge in [-0.25, -0.2) is 4.79 Å². The number of carboxylic acid groups (broad SMARTS) is 1. The Morgan fingerprint density at radius 2 is 1.49 bits per heavy atom. The summed E-state index contributed by atoms with van der Waals surface area (Å²) in [6.07, 6.45) is 0.490. The van der Waals surface area contributed by atoms with E-state index < -0.39 is 12.1 Å². The summed E-state index contributed by atoms with van der Waals surface area (Å²) in [5.41, 5.74) is 4.24. The highest BCUT2D eigenvalue weighted by Gasteiger charge is 2.27. The van der Waals surface area contributed by atoms with E-state index in [1.54, 1.807) is 58.8 Å². The van der Waals surface area contributed by atoms with E-state index in [0.717, 1.165) is 42.4 Å². The van der Waals surface area contributed by atoms with Gasteiger partial charge in [-0.1, -0.05) is 36.4 Å². The highest BCUT2D eigenvalue weighted by molar-refractivity contribution is 5.73. The lowest BCUT2D eigenvalue weighted by Crippen LogP contribution is -2.33. The summed E-state index contributed by atoms with van der Waals surface area (Å²) in [6, 6.07) is 18.9. The lowest BCUT2D eigenvalue weighted by atomic mass is 9.88. The van der Waals surface area contributed by atoms with Crippen molar-refractivity contribution in [3.63, 3.8) is 0 Å². The third-order valence-corrected chi connectivity index (χ3v) is 6.50. The lowest BCUT2D eigenvalue weighted by molar-refractivity contribution is -0.146. The van der Waals surface area contributed by atoms with Crippen LogP contribution in [0.4, 0.5) is 0 Å². The third kappa shape index (κ3) is 6.72. The Bertz CT molecular complexity index is 1180. The predicted molar refractivity (Wildman–Crippen MR) is 141 cm³/mol. The minimum Gasteiger partial charge on any atom is -0.493 e. The van der Waals surface area contributed by atoms with Gasteiger partial charge >= 0.3 is 5.97 Å². The molecule has 2 atom stereocenters. The van der Waals surface area contributed by atoms with Crippen LogP contribution in [-0.2, 0) is 17.6 Å². The smallest absolute Gasteiger partial charge is 0.337 e. The number of aliphatic hydroxyl groups is 1. The van der Waals surface area contributed by atoms with Gasteiger partial charge in [0.05, 0.1) is 28.4 Å². The fraction of sp³-hybridized carbons (Fsp3) is 0.345. The van der Waals surface area contributed by atoms with Gasteiger partial charge in [0, 0.05) is 12.6 Å². The summed E-state index contributed by atoms with van der Waals surface area (Å²) in [7, 11) is 8.86. The van der Waals surface area contributed by atoms with Crippen LogP contribution in [0, 0.1) is 0 Å². The van der Waals surface area contributed by atoms with Crippen molar-refractivity contribution >= 4 is 5.97 Å². The Hall–Kier alpha value is -3.75. The van der Waals surface area contributed by atoms with Crippen molar-refractivity contribution in [3.05, 3.63) is 82.9 Å². The first kappa shape index (κ1) is 27.8. The molecule has 8 nitrogen and oxygen atoms in total. The van der Waals surface area contributed by atoms with Crippen molar-refractivity contribution in [2.24, 2.45) is 0 Å². The maximum absolute atomic E-state index is 10.2. The fourth-order valence-electron chi connectivity index (χ4n) is 4.43. The lowest BCUT2D eigenvalue weighted by Gasteiger charge is -2.35. The number of hydrogen-bond acceptors (Lipinski definition) is 7. The van der Waals surface area contributed by atoms with E-state index in [1.807, 2.05) is 6.07 Å². The SMILES string of the molecule is COc1ccc(C[C@@H]2c3cc(OC)c(OC)cc3CCN2C)cc1OC.O=C(O)[C@@H](O)c1ccccc1. The average Bonchev–Trinajstić information content (AvgIpc) is 2.94. The summed E-state index contributed by atoms with van der Waals surface area (Å²) in [5, 5.41) is 17.4. The minimum atomic E-state index is -1.41. The van der Waals surface area contributed by atoms with Crippen molar-refractivity contribution in [1.82, 2.24) is 4.90 Å². The van der Waals surface area contributed by atoms with Crippen LogP contribution in [-0.4, -0.2) is 63.1 Å². The first-order valence-corrected chi connectivity index (χ1v) is 11.9. The molecule has 0 aromatic heterocycles. The molecule has 0 aliphatic carbocycles. The van der Waals surface area contributed by atoms with Gasteiger partial charge in [0.2, 0.25) is 0 Å².